The fourth-order valence-corrected chi connectivity index (χ4v) is 5.88. The number of likely N-dealkylation sites (N-methyl/N-ethyl adjacent to an activating group) is 1. The molecule has 1 fully saturated rings. The quantitative estimate of drug-likeness (QED) is 0.473. The molecule has 39 heavy (non-hydrogen) atoms. The fraction of sp³-hybridized carbons (Fsp3) is 0.464. The normalized spacial score (nSPS) is 21.7. The van der Waals surface area contributed by atoms with Gasteiger partial charge in [0.15, 0.2) is 5.82 Å². The average Bonchev–Trinajstić information content (AvgIpc) is 3.10. The maximum Gasteiger partial charge on any atom is 0.229 e. The smallest absolute Gasteiger partial charge is 0.229 e. The van der Waals surface area contributed by atoms with Crippen molar-refractivity contribution in [3.63, 3.8) is 0 Å². The van der Waals surface area contributed by atoms with Crippen molar-refractivity contribution >= 4 is 44.5 Å². The molecule has 5 rings (SSSR count). The average molecular weight is 551 g/mol. The molecule has 2 N–H and O–H groups in total. The molecule has 11 heteroatoms. The van der Waals surface area contributed by atoms with Crippen LogP contribution in [0.5, 0.6) is 0 Å². The Labute approximate surface area is 231 Å². The summed E-state index contributed by atoms with van der Waals surface area (Å²) in [6.45, 7) is 10.3. The zero-order valence-corrected chi connectivity index (χ0v) is 24.4. The van der Waals surface area contributed by atoms with Crippen LogP contribution in [0.3, 0.4) is 0 Å². The molecule has 0 aliphatic carbocycles. The molecule has 2 aliphatic heterocycles. The van der Waals surface area contributed by atoms with Crippen LogP contribution in [0.4, 0.5) is 34.8 Å². The van der Waals surface area contributed by atoms with Gasteiger partial charge in [-0.1, -0.05) is 13.0 Å². The number of hydrogen-bond acceptors (Lipinski definition) is 10. The number of fused-ring (bicyclic) bond motifs is 1. The molecule has 208 valence electrons. The van der Waals surface area contributed by atoms with E-state index < -0.39 is 15.1 Å². The third-order valence-corrected chi connectivity index (χ3v) is 8.45. The van der Waals surface area contributed by atoms with Gasteiger partial charge in [0.2, 0.25) is 5.95 Å². The number of anilines is 5. The van der Waals surface area contributed by atoms with E-state index in [1.165, 1.54) is 11.3 Å². The van der Waals surface area contributed by atoms with Crippen molar-refractivity contribution in [2.75, 3.05) is 67.5 Å². The standard InChI is InChI=1S/C28H38N8O2S/c1-19-16-21(10-11-23(19)35-14-12-34(4)13-15-35)30-27-29-17-22-26(32-27)36(20(2)28(22,3)18-37)25-9-7-8-24(31-25)33-39(5,6)38/h7-11,16-17,20,37H,12-15,18H2,1-6H3,(H,29,30,32)/t20-,28-/m1/s1. The Balaban J connectivity index is 1.47. The monoisotopic (exact) mass is 550 g/mol. The van der Waals surface area contributed by atoms with Crippen LogP contribution in [-0.2, 0) is 15.1 Å². The Morgan fingerprint density at radius 3 is 2.56 bits per heavy atom. The van der Waals surface area contributed by atoms with E-state index in [9.17, 15) is 9.32 Å². The molecular weight excluding hydrogens is 512 g/mol. The highest BCUT2D eigenvalue weighted by Gasteiger charge is 2.47. The van der Waals surface area contributed by atoms with E-state index in [1.54, 1.807) is 24.8 Å². The summed E-state index contributed by atoms with van der Waals surface area (Å²) >= 11 is 0. The first-order valence-corrected chi connectivity index (χ1v) is 15.5. The molecule has 0 bridgehead atoms. The highest BCUT2D eigenvalue weighted by atomic mass is 32.2. The summed E-state index contributed by atoms with van der Waals surface area (Å²) in [6.07, 6.45) is 4.97. The molecule has 0 saturated carbocycles. The first kappa shape index (κ1) is 27.3. The van der Waals surface area contributed by atoms with Crippen molar-refractivity contribution in [1.29, 1.82) is 0 Å². The summed E-state index contributed by atoms with van der Waals surface area (Å²) in [5.41, 5.74) is 3.62. The van der Waals surface area contributed by atoms with Crippen LogP contribution < -0.4 is 15.1 Å². The van der Waals surface area contributed by atoms with Crippen LogP contribution in [-0.4, -0.2) is 87.6 Å². The van der Waals surface area contributed by atoms with Crippen molar-refractivity contribution in [1.82, 2.24) is 19.9 Å². The second-order valence-corrected chi connectivity index (χ2v) is 13.6. The molecule has 3 aromatic rings. The van der Waals surface area contributed by atoms with Crippen LogP contribution in [0, 0.1) is 6.92 Å². The third-order valence-electron chi connectivity index (χ3n) is 7.83. The summed E-state index contributed by atoms with van der Waals surface area (Å²) in [4.78, 5) is 21.0. The Hall–Kier alpha value is -3.28. The zero-order valence-electron chi connectivity index (χ0n) is 23.5. The second kappa shape index (κ2) is 10.4. The van der Waals surface area contributed by atoms with Crippen LogP contribution in [0.25, 0.3) is 0 Å². The number of hydrogen-bond donors (Lipinski definition) is 2. The van der Waals surface area contributed by atoms with E-state index in [1.807, 2.05) is 30.9 Å². The van der Waals surface area contributed by atoms with Crippen LogP contribution >= 0.6 is 0 Å². The van der Waals surface area contributed by atoms with Gasteiger partial charge < -0.3 is 25.1 Å². The number of aliphatic hydroxyl groups excluding tert-OH is 1. The number of aryl methyl sites for hydroxylation is 1. The van der Waals surface area contributed by atoms with Gasteiger partial charge in [-0.3, -0.25) is 0 Å². The SMILES string of the molecule is Cc1cc(Nc2ncc3c(n2)N(c2cccc(N=S(C)(C)=O)n2)[C@H](C)[C@@]3(C)CO)ccc1N1CCN(C)CC1. The van der Waals surface area contributed by atoms with E-state index in [2.05, 4.69) is 61.6 Å². The minimum absolute atomic E-state index is 0.0669. The first-order valence-electron chi connectivity index (χ1n) is 13.2. The van der Waals surface area contributed by atoms with E-state index >= 15 is 0 Å². The maximum atomic E-state index is 12.3. The minimum Gasteiger partial charge on any atom is -0.395 e. The molecule has 1 aromatic carbocycles. The Kier molecular flexibility index (Phi) is 7.25. The lowest BCUT2D eigenvalue weighted by Gasteiger charge is -2.35. The number of aliphatic hydroxyl groups is 1. The van der Waals surface area contributed by atoms with Gasteiger partial charge >= 0.3 is 0 Å². The molecular formula is C28H38N8O2S. The van der Waals surface area contributed by atoms with E-state index in [4.69, 9.17) is 4.98 Å². The molecule has 0 unspecified atom stereocenters. The highest BCUT2D eigenvalue weighted by molar-refractivity contribution is 7.92. The third kappa shape index (κ3) is 5.43. The summed E-state index contributed by atoms with van der Waals surface area (Å²) in [7, 11) is -0.202. The fourth-order valence-electron chi connectivity index (χ4n) is 5.32. The van der Waals surface area contributed by atoms with Gasteiger partial charge in [-0.25, -0.2) is 14.2 Å². The largest absolute Gasteiger partial charge is 0.395 e. The molecule has 2 atom stereocenters. The van der Waals surface area contributed by atoms with Gasteiger partial charge in [0.25, 0.3) is 0 Å². The number of rotatable bonds is 6. The summed E-state index contributed by atoms with van der Waals surface area (Å²) < 4.78 is 16.6. The van der Waals surface area contributed by atoms with Crippen LogP contribution in [0.2, 0.25) is 0 Å². The Bertz CT molecular complexity index is 1490. The highest BCUT2D eigenvalue weighted by Crippen LogP contribution is 2.47. The van der Waals surface area contributed by atoms with Gasteiger partial charge in [0, 0.05) is 83.0 Å². The molecule has 0 amide bonds. The Morgan fingerprint density at radius 2 is 1.90 bits per heavy atom. The van der Waals surface area contributed by atoms with E-state index in [0.717, 1.165) is 37.4 Å². The minimum atomic E-state index is -2.36. The van der Waals surface area contributed by atoms with Gasteiger partial charge in [-0.05, 0) is 56.8 Å². The lowest BCUT2D eigenvalue weighted by atomic mass is 9.81. The van der Waals surface area contributed by atoms with Gasteiger partial charge in [-0.15, -0.1) is 0 Å². The zero-order chi connectivity index (χ0) is 27.9. The van der Waals surface area contributed by atoms with Gasteiger partial charge in [0.1, 0.15) is 11.6 Å². The van der Waals surface area contributed by atoms with Crippen molar-refractivity contribution < 1.29 is 9.32 Å². The maximum absolute atomic E-state index is 12.3. The number of piperazine rings is 1. The number of nitrogens with one attached hydrogen (secondary N) is 1. The molecule has 0 spiro atoms. The molecule has 2 aromatic heterocycles. The van der Waals surface area contributed by atoms with Crippen molar-refractivity contribution in [3.8, 4) is 0 Å². The van der Waals surface area contributed by atoms with Gasteiger partial charge in [0.05, 0.1) is 6.61 Å². The van der Waals surface area contributed by atoms with Crippen LogP contribution in [0.1, 0.15) is 25.0 Å². The number of nitrogens with zero attached hydrogens (tertiary/aromatic N) is 7. The number of aromatic nitrogens is 3. The van der Waals surface area contributed by atoms with E-state index in [-0.39, 0.29) is 12.6 Å². The molecule has 10 nitrogen and oxygen atoms in total. The lowest BCUT2D eigenvalue weighted by Crippen LogP contribution is -2.44. The predicted octanol–water partition coefficient (Wildman–Crippen LogP) is 3.82. The summed E-state index contributed by atoms with van der Waals surface area (Å²) in [5, 5.41) is 13.8. The topological polar surface area (TPSA) is 110 Å². The molecule has 0 radical (unpaired) electrons. The number of pyridine rings is 1. The number of benzene rings is 1. The lowest BCUT2D eigenvalue weighted by molar-refractivity contribution is 0.194. The molecule has 1 saturated heterocycles. The van der Waals surface area contributed by atoms with Crippen molar-refractivity contribution in [2.24, 2.45) is 4.36 Å². The van der Waals surface area contributed by atoms with Crippen molar-refractivity contribution in [2.45, 2.75) is 32.2 Å². The van der Waals surface area contributed by atoms with Gasteiger partial charge in [-0.2, -0.15) is 9.35 Å². The van der Waals surface area contributed by atoms with Crippen LogP contribution in [0.15, 0.2) is 47.0 Å². The first-order chi connectivity index (χ1) is 18.5. The summed E-state index contributed by atoms with van der Waals surface area (Å²) in [6, 6.07) is 11.7. The van der Waals surface area contributed by atoms with E-state index in [0.29, 0.717) is 23.4 Å². The predicted molar refractivity (Wildman–Crippen MR) is 159 cm³/mol. The van der Waals surface area contributed by atoms with Crippen molar-refractivity contribution in [3.05, 3.63) is 53.7 Å². The Morgan fingerprint density at radius 1 is 1.15 bits per heavy atom. The second-order valence-electron chi connectivity index (χ2n) is 11.1. The summed E-state index contributed by atoms with van der Waals surface area (Å²) in [5.74, 6) is 2.17. The molecule has 4 heterocycles. The molecule has 2 aliphatic rings.